The number of hydrogen-bond acceptors (Lipinski definition) is 4. The molecule has 0 saturated heterocycles. The summed E-state index contributed by atoms with van der Waals surface area (Å²) >= 11 is 0. The van der Waals surface area contributed by atoms with Crippen molar-refractivity contribution in [3.05, 3.63) is 17.6 Å². The monoisotopic (exact) mass is 234 g/mol. The Morgan fingerprint density at radius 2 is 2.12 bits per heavy atom. The van der Waals surface area contributed by atoms with Crippen LogP contribution in [-0.2, 0) is 12.8 Å². The Labute approximate surface area is 103 Å². The van der Waals surface area contributed by atoms with E-state index in [0.29, 0.717) is 6.54 Å². The Hall–Kier alpha value is -1.16. The number of aromatic nitrogens is 2. The van der Waals surface area contributed by atoms with Crippen molar-refractivity contribution >= 4 is 5.82 Å². The molecular formula is C13H22N4. The van der Waals surface area contributed by atoms with E-state index in [1.54, 1.807) is 6.33 Å². The van der Waals surface area contributed by atoms with Gasteiger partial charge in [0.05, 0.1) is 0 Å². The maximum Gasteiger partial charge on any atom is 0.135 e. The van der Waals surface area contributed by atoms with Crippen LogP contribution in [0.4, 0.5) is 5.82 Å². The van der Waals surface area contributed by atoms with E-state index in [-0.39, 0.29) is 5.41 Å². The summed E-state index contributed by atoms with van der Waals surface area (Å²) < 4.78 is 0. The van der Waals surface area contributed by atoms with E-state index in [1.807, 2.05) is 0 Å². The first-order chi connectivity index (χ1) is 8.03. The average Bonchev–Trinajstić information content (AvgIpc) is 2.76. The molecule has 4 heteroatoms. The molecule has 1 aromatic rings. The first-order valence-electron chi connectivity index (χ1n) is 6.27. The summed E-state index contributed by atoms with van der Waals surface area (Å²) in [5.41, 5.74) is 8.47. The quantitative estimate of drug-likeness (QED) is 0.855. The van der Waals surface area contributed by atoms with Crippen LogP contribution >= 0.6 is 0 Å². The highest BCUT2D eigenvalue weighted by Gasteiger charge is 2.23. The minimum absolute atomic E-state index is 0.116. The Balaban J connectivity index is 2.20. The molecule has 0 bridgehead atoms. The van der Waals surface area contributed by atoms with Gasteiger partial charge in [0.2, 0.25) is 0 Å². The average molecular weight is 234 g/mol. The fourth-order valence-electron chi connectivity index (χ4n) is 2.45. The maximum atomic E-state index is 5.79. The van der Waals surface area contributed by atoms with Gasteiger partial charge in [-0.05, 0) is 31.2 Å². The van der Waals surface area contributed by atoms with Crippen LogP contribution in [0.15, 0.2) is 6.33 Å². The van der Waals surface area contributed by atoms with Crippen LogP contribution in [-0.4, -0.2) is 30.1 Å². The topological polar surface area (TPSA) is 55.0 Å². The van der Waals surface area contributed by atoms with Gasteiger partial charge in [0.25, 0.3) is 0 Å². The zero-order valence-electron chi connectivity index (χ0n) is 11.0. The van der Waals surface area contributed by atoms with Crippen molar-refractivity contribution in [1.82, 2.24) is 9.97 Å². The molecule has 17 heavy (non-hydrogen) atoms. The van der Waals surface area contributed by atoms with Gasteiger partial charge in [-0.25, -0.2) is 9.97 Å². The lowest BCUT2D eigenvalue weighted by molar-refractivity contribution is 0.384. The lowest BCUT2D eigenvalue weighted by Crippen LogP contribution is -2.37. The van der Waals surface area contributed by atoms with Crippen molar-refractivity contribution in [2.24, 2.45) is 11.1 Å². The molecule has 94 valence electrons. The molecule has 1 heterocycles. The summed E-state index contributed by atoms with van der Waals surface area (Å²) in [4.78, 5) is 11.0. The molecular weight excluding hydrogens is 212 g/mol. The van der Waals surface area contributed by atoms with Crippen molar-refractivity contribution in [2.75, 3.05) is 25.0 Å². The van der Waals surface area contributed by atoms with E-state index >= 15 is 0 Å². The van der Waals surface area contributed by atoms with Gasteiger partial charge >= 0.3 is 0 Å². The number of nitrogens with two attached hydrogens (primary N) is 1. The van der Waals surface area contributed by atoms with Crippen LogP contribution in [0, 0.1) is 5.41 Å². The van der Waals surface area contributed by atoms with Crippen molar-refractivity contribution in [3.8, 4) is 0 Å². The minimum atomic E-state index is 0.116. The lowest BCUT2D eigenvalue weighted by Gasteiger charge is -2.30. The summed E-state index contributed by atoms with van der Waals surface area (Å²) in [7, 11) is 2.10. The Kier molecular flexibility index (Phi) is 3.33. The molecule has 0 spiro atoms. The van der Waals surface area contributed by atoms with E-state index in [9.17, 15) is 0 Å². The van der Waals surface area contributed by atoms with Gasteiger partial charge in [0.1, 0.15) is 12.1 Å². The highest BCUT2D eigenvalue weighted by Crippen LogP contribution is 2.28. The van der Waals surface area contributed by atoms with Crippen LogP contribution in [0.1, 0.15) is 31.5 Å². The molecule has 1 aliphatic rings. The molecule has 0 saturated carbocycles. The molecule has 0 fully saturated rings. The molecule has 0 unspecified atom stereocenters. The van der Waals surface area contributed by atoms with Gasteiger partial charge in [-0.1, -0.05) is 13.8 Å². The lowest BCUT2D eigenvalue weighted by atomic mass is 9.93. The molecule has 1 aliphatic carbocycles. The van der Waals surface area contributed by atoms with Gasteiger partial charge in [0.15, 0.2) is 0 Å². The van der Waals surface area contributed by atoms with Crippen LogP contribution in [0.3, 0.4) is 0 Å². The third-order valence-corrected chi connectivity index (χ3v) is 3.43. The van der Waals surface area contributed by atoms with Gasteiger partial charge in [0, 0.05) is 24.8 Å². The summed E-state index contributed by atoms with van der Waals surface area (Å²) in [6.07, 6.45) is 5.10. The minimum Gasteiger partial charge on any atom is -0.359 e. The highest BCUT2D eigenvalue weighted by atomic mass is 15.2. The third kappa shape index (κ3) is 2.57. The largest absolute Gasteiger partial charge is 0.359 e. The number of fused-ring (bicyclic) bond motifs is 1. The van der Waals surface area contributed by atoms with Gasteiger partial charge in [-0.15, -0.1) is 0 Å². The third-order valence-electron chi connectivity index (χ3n) is 3.43. The van der Waals surface area contributed by atoms with Gasteiger partial charge < -0.3 is 10.6 Å². The molecule has 0 radical (unpaired) electrons. The predicted molar refractivity (Wildman–Crippen MR) is 70.2 cm³/mol. The van der Waals surface area contributed by atoms with E-state index in [4.69, 9.17) is 5.73 Å². The molecule has 1 aromatic heterocycles. The first kappa shape index (κ1) is 12.3. The SMILES string of the molecule is CN(CC(C)(C)CN)c1ncnc2c1CCC2. The standard InChI is InChI=1S/C13H22N4/c1-13(2,7-14)8-17(3)12-10-5-4-6-11(10)15-9-16-12/h9H,4-8,14H2,1-3H3. The van der Waals surface area contributed by atoms with E-state index < -0.39 is 0 Å². The second-order valence-corrected chi connectivity index (χ2v) is 5.70. The van der Waals surface area contributed by atoms with Crippen molar-refractivity contribution in [3.63, 3.8) is 0 Å². The number of anilines is 1. The maximum absolute atomic E-state index is 5.79. The second-order valence-electron chi connectivity index (χ2n) is 5.70. The van der Waals surface area contributed by atoms with E-state index in [0.717, 1.165) is 25.2 Å². The smallest absolute Gasteiger partial charge is 0.135 e. The second kappa shape index (κ2) is 4.61. The first-order valence-corrected chi connectivity index (χ1v) is 6.27. The number of nitrogens with zero attached hydrogens (tertiary/aromatic N) is 3. The number of hydrogen-bond donors (Lipinski definition) is 1. The number of rotatable bonds is 4. The molecule has 0 amide bonds. The highest BCUT2D eigenvalue weighted by molar-refractivity contribution is 5.49. The van der Waals surface area contributed by atoms with Crippen LogP contribution in [0.25, 0.3) is 0 Å². The molecule has 4 nitrogen and oxygen atoms in total. The zero-order chi connectivity index (χ0) is 12.5. The fourth-order valence-corrected chi connectivity index (χ4v) is 2.45. The Morgan fingerprint density at radius 1 is 1.35 bits per heavy atom. The fraction of sp³-hybridized carbons (Fsp3) is 0.692. The molecule has 2 rings (SSSR count). The van der Waals surface area contributed by atoms with Crippen molar-refractivity contribution < 1.29 is 0 Å². The summed E-state index contributed by atoms with van der Waals surface area (Å²) in [6.45, 7) is 5.98. The van der Waals surface area contributed by atoms with E-state index in [2.05, 4.69) is 35.8 Å². The summed E-state index contributed by atoms with van der Waals surface area (Å²) in [6, 6.07) is 0. The predicted octanol–water partition coefficient (Wildman–Crippen LogP) is 1.39. The van der Waals surface area contributed by atoms with Crippen molar-refractivity contribution in [1.29, 1.82) is 0 Å². The Morgan fingerprint density at radius 3 is 2.82 bits per heavy atom. The van der Waals surface area contributed by atoms with Crippen molar-refractivity contribution in [2.45, 2.75) is 33.1 Å². The van der Waals surface area contributed by atoms with Crippen LogP contribution in [0.2, 0.25) is 0 Å². The van der Waals surface area contributed by atoms with Crippen LogP contribution < -0.4 is 10.6 Å². The molecule has 0 aromatic carbocycles. The zero-order valence-corrected chi connectivity index (χ0v) is 11.0. The van der Waals surface area contributed by atoms with Gasteiger partial charge in [-0.2, -0.15) is 0 Å². The summed E-state index contributed by atoms with van der Waals surface area (Å²) in [5.74, 6) is 1.09. The normalized spacial score (nSPS) is 14.8. The molecule has 2 N–H and O–H groups in total. The molecule has 0 aliphatic heterocycles. The van der Waals surface area contributed by atoms with Crippen LogP contribution in [0.5, 0.6) is 0 Å². The molecule has 0 atom stereocenters. The van der Waals surface area contributed by atoms with Gasteiger partial charge in [-0.3, -0.25) is 0 Å². The number of aryl methyl sites for hydroxylation is 1. The Bertz CT molecular complexity index is 400. The van der Waals surface area contributed by atoms with E-state index in [1.165, 1.54) is 17.7 Å². The summed E-state index contributed by atoms with van der Waals surface area (Å²) in [5, 5.41) is 0.